The van der Waals surface area contributed by atoms with Crippen LogP contribution >= 0.6 is 0 Å². The second-order valence-corrected chi connectivity index (χ2v) is 3.80. The average Bonchev–Trinajstić information content (AvgIpc) is 2.34. The van der Waals surface area contributed by atoms with Crippen LogP contribution in [0.2, 0.25) is 0 Å². The van der Waals surface area contributed by atoms with Crippen molar-refractivity contribution in [2.75, 3.05) is 19.0 Å². The molecular formula is C12H16F2N2O2. The van der Waals surface area contributed by atoms with Crippen molar-refractivity contribution in [3.63, 3.8) is 0 Å². The molecule has 4 nitrogen and oxygen atoms in total. The van der Waals surface area contributed by atoms with E-state index in [4.69, 9.17) is 5.73 Å². The van der Waals surface area contributed by atoms with Crippen molar-refractivity contribution in [2.45, 2.75) is 13.3 Å². The lowest BCUT2D eigenvalue weighted by molar-refractivity contribution is -0.119. The lowest BCUT2D eigenvalue weighted by atomic mass is 10.1. The highest BCUT2D eigenvalue weighted by Gasteiger charge is 2.18. The van der Waals surface area contributed by atoms with Gasteiger partial charge in [-0.25, -0.2) is 8.78 Å². The molecule has 3 N–H and O–H groups in total. The number of hydrogen-bond acceptors (Lipinski definition) is 3. The molecule has 1 amide bonds. The van der Waals surface area contributed by atoms with Crippen LogP contribution in [0.15, 0.2) is 12.1 Å². The van der Waals surface area contributed by atoms with Gasteiger partial charge in [-0.2, -0.15) is 0 Å². The van der Waals surface area contributed by atoms with Gasteiger partial charge in [-0.3, -0.25) is 4.79 Å². The molecule has 100 valence electrons. The van der Waals surface area contributed by atoms with Gasteiger partial charge < -0.3 is 15.8 Å². The Balaban J connectivity index is 2.91. The van der Waals surface area contributed by atoms with Gasteiger partial charge in [0.2, 0.25) is 5.91 Å². The van der Waals surface area contributed by atoms with Crippen LogP contribution in [0.1, 0.15) is 13.3 Å². The van der Waals surface area contributed by atoms with Crippen LogP contribution in [0.3, 0.4) is 0 Å². The normalized spacial score (nSPS) is 12.1. The molecule has 0 spiro atoms. The van der Waals surface area contributed by atoms with Crippen LogP contribution < -0.4 is 15.8 Å². The third-order valence-electron chi connectivity index (χ3n) is 2.65. The van der Waals surface area contributed by atoms with Gasteiger partial charge >= 0.3 is 0 Å². The van der Waals surface area contributed by atoms with Crippen LogP contribution in [0.5, 0.6) is 5.75 Å². The minimum absolute atomic E-state index is 0.155. The fourth-order valence-corrected chi connectivity index (χ4v) is 1.47. The minimum atomic E-state index is -0.756. The van der Waals surface area contributed by atoms with E-state index < -0.39 is 23.5 Å². The Kier molecular flexibility index (Phi) is 5.03. The predicted octanol–water partition coefficient (Wildman–Crippen LogP) is 1.90. The monoisotopic (exact) mass is 258 g/mol. The molecule has 1 unspecified atom stereocenters. The first-order valence-electron chi connectivity index (χ1n) is 5.57. The van der Waals surface area contributed by atoms with E-state index in [9.17, 15) is 13.6 Å². The summed E-state index contributed by atoms with van der Waals surface area (Å²) in [5.41, 5.74) is 5.19. The Morgan fingerprint density at radius 1 is 1.44 bits per heavy atom. The molecule has 1 atom stereocenters. The molecule has 6 heteroatoms. The number of ether oxygens (including phenoxy) is 1. The number of amides is 1. The number of nitrogens with one attached hydrogen (secondary N) is 1. The Morgan fingerprint density at radius 3 is 2.61 bits per heavy atom. The van der Waals surface area contributed by atoms with Crippen molar-refractivity contribution in [1.29, 1.82) is 0 Å². The van der Waals surface area contributed by atoms with Crippen molar-refractivity contribution in [1.82, 2.24) is 0 Å². The number of carbonyl (C=O) groups excluding carboxylic acids is 1. The van der Waals surface area contributed by atoms with Crippen LogP contribution in [0.25, 0.3) is 0 Å². The number of carbonyl (C=O) groups is 1. The molecule has 0 aliphatic rings. The fraction of sp³-hybridized carbons (Fsp3) is 0.417. The first kappa shape index (κ1) is 14.4. The highest BCUT2D eigenvalue weighted by molar-refractivity contribution is 5.92. The third kappa shape index (κ3) is 3.16. The average molecular weight is 258 g/mol. The Bertz CT molecular complexity index is 434. The number of anilines is 1. The molecule has 0 fully saturated rings. The smallest absolute Gasteiger partial charge is 0.228 e. The third-order valence-corrected chi connectivity index (χ3v) is 2.65. The highest BCUT2D eigenvalue weighted by atomic mass is 19.1. The SMILES string of the molecule is CCC(CN)C(=O)Nc1cc(F)c(OC)cc1F. The highest BCUT2D eigenvalue weighted by Crippen LogP contribution is 2.25. The van der Waals surface area contributed by atoms with Crippen LogP contribution in [-0.4, -0.2) is 19.6 Å². The molecule has 1 rings (SSSR count). The largest absolute Gasteiger partial charge is 0.494 e. The van der Waals surface area contributed by atoms with Crippen molar-refractivity contribution in [2.24, 2.45) is 11.7 Å². The molecule has 0 radical (unpaired) electrons. The van der Waals surface area contributed by atoms with Gasteiger partial charge in [-0.1, -0.05) is 6.92 Å². The van der Waals surface area contributed by atoms with Gasteiger partial charge in [-0.15, -0.1) is 0 Å². The number of hydrogen-bond donors (Lipinski definition) is 2. The van der Waals surface area contributed by atoms with E-state index in [1.807, 2.05) is 0 Å². The van der Waals surface area contributed by atoms with Gasteiger partial charge in [-0.05, 0) is 6.42 Å². The summed E-state index contributed by atoms with van der Waals surface area (Å²) in [5.74, 6) is -2.56. The lowest BCUT2D eigenvalue weighted by Crippen LogP contribution is -2.29. The number of methoxy groups -OCH3 is 1. The first-order valence-corrected chi connectivity index (χ1v) is 5.57. The summed E-state index contributed by atoms with van der Waals surface area (Å²) in [5, 5.41) is 2.31. The van der Waals surface area contributed by atoms with E-state index in [2.05, 4.69) is 10.1 Å². The summed E-state index contributed by atoms with van der Waals surface area (Å²) in [6.07, 6.45) is 0.530. The summed E-state index contributed by atoms with van der Waals surface area (Å²) < 4.78 is 31.6. The topological polar surface area (TPSA) is 64.4 Å². The maximum Gasteiger partial charge on any atom is 0.228 e. The van der Waals surface area contributed by atoms with Crippen molar-refractivity contribution in [3.05, 3.63) is 23.8 Å². The molecular weight excluding hydrogens is 242 g/mol. The van der Waals surface area contributed by atoms with E-state index in [0.717, 1.165) is 12.1 Å². The lowest BCUT2D eigenvalue weighted by Gasteiger charge is -2.13. The Labute approximate surface area is 104 Å². The fourth-order valence-electron chi connectivity index (χ4n) is 1.47. The minimum Gasteiger partial charge on any atom is -0.494 e. The Hall–Kier alpha value is -1.69. The zero-order valence-electron chi connectivity index (χ0n) is 10.3. The molecule has 1 aromatic rings. The first-order chi connectivity index (χ1) is 8.53. The summed E-state index contributed by atoms with van der Waals surface area (Å²) >= 11 is 0. The summed E-state index contributed by atoms with van der Waals surface area (Å²) in [7, 11) is 1.23. The van der Waals surface area contributed by atoms with Crippen molar-refractivity contribution >= 4 is 11.6 Å². The molecule has 0 aromatic heterocycles. The van der Waals surface area contributed by atoms with Gasteiger partial charge in [0.05, 0.1) is 18.7 Å². The van der Waals surface area contributed by atoms with Crippen LogP contribution in [0.4, 0.5) is 14.5 Å². The summed E-state index contributed by atoms with van der Waals surface area (Å²) in [6, 6.07) is 1.77. The molecule has 0 heterocycles. The van der Waals surface area contributed by atoms with Crippen LogP contribution in [0, 0.1) is 17.6 Å². The quantitative estimate of drug-likeness (QED) is 0.847. The molecule has 0 saturated carbocycles. The number of nitrogens with two attached hydrogens (primary N) is 1. The van der Waals surface area contributed by atoms with Crippen LogP contribution in [-0.2, 0) is 4.79 Å². The molecule has 0 saturated heterocycles. The van der Waals surface area contributed by atoms with Crippen molar-refractivity contribution in [3.8, 4) is 5.75 Å². The maximum atomic E-state index is 13.6. The number of halogens is 2. The number of benzene rings is 1. The zero-order valence-corrected chi connectivity index (χ0v) is 10.3. The maximum absolute atomic E-state index is 13.6. The Morgan fingerprint density at radius 2 is 2.11 bits per heavy atom. The summed E-state index contributed by atoms with van der Waals surface area (Å²) in [6.45, 7) is 1.95. The second kappa shape index (κ2) is 6.30. The molecule has 18 heavy (non-hydrogen) atoms. The van der Waals surface area contributed by atoms with E-state index >= 15 is 0 Å². The van der Waals surface area contributed by atoms with Gasteiger partial charge in [0.25, 0.3) is 0 Å². The van der Waals surface area contributed by atoms with E-state index in [0.29, 0.717) is 6.42 Å². The second-order valence-electron chi connectivity index (χ2n) is 3.80. The van der Waals surface area contributed by atoms with E-state index in [1.54, 1.807) is 6.92 Å². The molecule has 0 bridgehead atoms. The molecule has 0 aliphatic heterocycles. The number of rotatable bonds is 5. The molecule has 0 aliphatic carbocycles. The predicted molar refractivity (Wildman–Crippen MR) is 64.4 cm³/mol. The van der Waals surface area contributed by atoms with E-state index in [1.165, 1.54) is 7.11 Å². The standard InChI is InChI=1S/C12H16F2N2O2/c1-3-7(6-15)12(17)16-10-4-9(14)11(18-2)5-8(10)13/h4-5,7H,3,6,15H2,1-2H3,(H,16,17). The van der Waals surface area contributed by atoms with Crippen molar-refractivity contribution < 1.29 is 18.3 Å². The molecule has 1 aromatic carbocycles. The summed E-state index contributed by atoms with van der Waals surface area (Å²) in [4.78, 5) is 11.7. The van der Waals surface area contributed by atoms with Gasteiger partial charge in [0.15, 0.2) is 17.4 Å². The zero-order chi connectivity index (χ0) is 13.7. The van der Waals surface area contributed by atoms with E-state index in [-0.39, 0.29) is 18.0 Å². The van der Waals surface area contributed by atoms with Gasteiger partial charge in [0.1, 0.15) is 0 Å². The van der Waals surface area contributed by atoms with Gasteiger partial charge in [0, 0.05) is 18.7 Å².